The van der Waals surface area contributed by atoms with E-state index in [1.807, 2.05) is 37.4 Å². The second-order valence-electron chi connectivity index (χ2n) is 6.48. The maximum Gasteiger partial charge on any atom is 0.230 e. The summed E-state index contributed by atoms with van der Waals surface area (Å²) in [6, 6.07) is 0.181. The largest absolute Gasteiger partial charge is 0.338 e. The second-order valence-corrected chi connectivity index (χ2v) is 6.48. The quantitative estimate of drug-likeness (QED) is 0.896. The molecule has 1 aliphatic rings. The van der Waals surface area contributed by atoms with Gasteiger partial charge >= 0.3 is 0 Å². The molecule has 0 radical (unpaired) electrons. The highest BCUT2D eigenvalue weighted by atomic mass is 35.5. The van der Waals surface area contributed by atoms with Crippen LogP contribution in [0.2, 0.25) is 0 Å². The molecule has 1 saturated heterocycles. The van der Waals surface area contributed by atoms with Crippen LogP contribution in [0.25, 0.3) is 0 Å². The summed E-state index contributed by atoms with van der Waals surface area (Å²) in [7, 11) is 1.92. The van der Waals surface area contributed by atoms with Gasteiger partial charge in [-0.1, -0.05) is 6.92 Å². The highest BCUT2D eigenvalue weighted by Gasteiger charge is 2.33. The number of likely N-dealkylation sites (tertiary alicyclic amines) is 1. The standard InChI is InChI=1S/C16H28N4O.2ClH/c1-10-6-7-20(14(8-10)9-17)16(21)11(2)15-12(3)18-19(5)13(15)4;;/h10-11,14H,6-9,17H2,1-5H3;2*1H. The molecule has 2 heterocycles. The first kappa shape index (κ1) is 22.2. The second kappa shape index (κ2) is 8.90. The number of carbonyl (C=O) groups is 1. The molecule has 0 aliphatic carbocycles. The third-order valence-electron chi connectivity index (χ3n) is 4.90. The van der Waals surface area contributed by atoms with E-state index >= 15 is 0 Å². The molecule has 23 heavy (non-hydrogen) atoms. The van der Waals surface area contributed by atoms with Crippen molar-refractivity contribution in [2.45, 2.75) is 52.5 Å². The van der Waals surface area contributed by atoms with Crippen molar-refractivity contribution in [2.75, 3.05) is 13.1 Å². The minimum Gasteiger partial charge on any atom is -0.338 e. The number of halogens is 2. The SMILES string of the molecule is Cc1nn(C)c(C)c1C(C)C(=O)N1CCC(C)CC1CN.Cl.Cl. The summed E-state index contributed by atoms with van der Waals surface area (Å²) in [5, 5.41) is 4.43. The maximum absolute atomic E-state index is 12.9. The summed E-state index contributed by atoms with van der Waals surface area (Å²) in [5.41, 5.74) is 8.97. The van der Waals surface area contributed by atoms with Crippen LogP contribution >= 0.6 is 24.8 Å². The Kier molecular flexibility index (Phi) is 8.60. The minimum absolute atomic E-state index is 0. The van der Waals surface area contributed by atoms with Gasteiger partial charge in [-0.25, -0.2) is 0 Å². The van der Waals surface area contributed by atoms with Crippen LogP contribution in [0, 0.1) is 19.8 Å². The van der Waals surface area contributed by atoms with Gasteiger partial charge in [-0.05, 0) is 39.5 Å². The van der Waals surface area contributed by atoms with Crippen LogP contribution < -0.4 is 5.73 Å². The molecular weight excluding hydrogens is 335 g/mol. The molecule has 2 N–H and O–H groups in total. The highest BCUT2D eigenvalue weighted by molar-refractivity contribution is 5.85. The summed E-state index contributed by atoms with van der Waals surface area (Å²) in [5.74, 6) is 0.692. The first-order valence-electron chi connectivity index (χ1n) is 7.87. The molecule has 0 aromatic carbocycles. The molecule has 5 nitrogen and oxygen atoms in total. The first-order valence-corrected chi connectivity index (χ1v) is 7.87. The number of nitrogens with zero attached hydrogens (tertiary/aromatic N) is 3. The van der Waals surface area contributed by atoms with Gasteiger partial charge in [0, 0.05) is 37.4 Å². The van der Waals surface area contributed by atoms with E-state index in [0.29, 0.717) is 12.5 Å². The number of carbonyl (C=O) groups excluding carboxylic acids is 1. The highest BCUT2D eigenvalue weighted by Crippen LogP contribution is 2.29. The van der Waals surface area contributed by atoms with Gasteiger partial charge in [-0.3, -0.25) is 9.48 Å². The molecule has 2 rings (SSSR count). The lowest BCUT2D eigenvalue weighted by Gasteiger charge is -2.39. The molecule has 1 aliphatic heterocycles. The molecule has 3 atom stereocenters. The molecule has 1 aromatic heterocycles. The maximum atomic E-state index is 12.9. The van der Waals surface area contributed by atoms with Crippen molar-refractivity contribution in [3.8, 4) is 0 Å². The summed E-state index contributed by atoms with van der Waals surface area (Å²) in [4.78, 5) is 14.9. The number of aryl methyl sites for hydroxylation is 2. The lowest BCUT2D eigenvalue weighted by Crippen LogP contribution is -2.50. The van der Waals surface area contributed by atoms with Gasteiger partial charge in [0.15, 0.2) is 0 Å². The normalized spacial score (nSPS) is 22.1. The average Bonchev–Trinajstić information content (AvgIpc) is 2.70. The Hall–Kier alpha value is -0.780. The number of rotatable bonds is 3. The van der Waals surface area contributed by atoms with Crippen molar-refractivity contribution in [1.29, 1.82) is 0 Å². The smallest absolute Gasteiger partial charge is 0.230 e. The van der Waals surface area contributed by atoms with E-state index in [-0.39, 0.29) is 42.7 Å². The van der Waals surface area contributed by atoms with Gasteiger partial charge in [-0.2, -0.15) is 5.10 Å². The lowest BCUT2D eigenvalue weighted by atomic mass is 9.90. The Balaban J connectivity index is 0.00000242. The first-order chi connectivity index (χ1) is 9.86. The molecule has 0 saturated carbocycles. The summed E-state index contributed by atoms with van der Waals surface area (Å²) in [6.07, 6.45) is 2.08. The third kappa shape index (κ3) is 4.40. The lowest BCUT2D eigenvalue weighted by molar-refractivity contribution is -0.136. The van der Waals surface area contributed by atoms with Crippen molar-refractivity contribution in [3.05, 3.63) is 17.0 Å². The van der Waals surface area contributed by atoms with Gasteiger partial charge in [0.2, 0.25) is 5.91 Å². The van der Waals surface area contributed by atoms with Crippen LogP contribution in [-0.2, 0) is 11.8 Å². The van der Waals surface area contributed by atoms with Gasteiger partial charge in [0.05, 0.1) is 11.6 Å². The van der Waals surface area contributed by atoms with Gasteiger partial charge in [-0.15, -0.1) is 24.8 Å². The van der Waals surface area contributed by atoms with Crippen LogP contribution in [-0.4, -0.2) is 39.7 Å². The molecule has 3 unspecified atom stereocenters. The van der Waals surface area contributed by atoms with E-state index in [9.17, 15) is 4.79 Å². The van der Waals surface area contributed by atoms with Gasteiger partial charge in [0.25, 0.3) is 0 Å². The Morgan fingerprint density at radius 3 is 2.48 bits per heavy atom. The average molecular weight is 365 g/mol. The Morgan fingerprint density at radius 1 is 1.39 bits per heavy atom. The number of hydrogen-bond donors (Lipinski definition) is 1. The van der Waals surface area contributed by atoms with Crippen LogP contribution in [0.3, 0.4) is 0 Å². The summed E-state index contributed by atoms with van der Waals surface area (Å²) < 4.78 is 1.85. The van der Waals surface area contributed by atoms with E-state index in [1.165, 1.54) is 0 Å². The molecule has 1 aromatic rings. The van der Waals surface area contributed by atoms with E-state index in [0.717, 1.165) is 36.3 Å². The number of aromatic nitrogens is 2. The van der Waals surface area contributed by atoms with Crippen molar-refractivity contribution in [3.63, 3.8) is 0 Å². The monoisotopic (exact) mass is 364 g/mol. The molecule has 0 spiro atoms. The Bertz CT molecular complexity index is 532. The fraction of sp³-hybridized carbons (Fsp3) is 0.750. The Morgan fingerprint density at radius 2 is 2.00 bits per heavy atom. The zero-order valence-electron chi connectivity index (χ0n) is 14.7. The van der Waals surface area contributed by atoms with Gasteiger partial charge in [0.1, 0.15) is 0 Å². The van der Waals surface area contributed by atoms with Crippen molar-refractivity contribution < 1.29 is 4.79 Å². The predicted octanol–water partition coefficient (Wildman–Crippen LogP) is 2.57. The fourth-order valence-electron chi connectivity index (χ4n) is 3.55. The van der Waals surface area contributed by atoms with E-state index in [2.05, 4.69) is 12.0 Å². The van der Waals surface area contributed by atoms with E-state index in [1.54, 1.807) is 0 Å². The number of hydrogen-bond acceptors (Lipinski definition) is 3. The number of amides is 1. The van der Waals surface area contributed by atoms with Crippen LogP contribution in [0.1, 0.15) is 49.6 Å². The number of nitrogens with two attached hydrogens (primary N) is 1. The third-order valence-corrected chi connectivity index (χ3v) is 4.90. The van der Waals surface area contributed by atoms with E-state index in [4.69, 9.17) is 5.73 Å². The molecule has 1 fully saturated rings. The van der Waals surface area contributed by atoms with Gasteiger partial charge < -0.3 is 10.6 Å². The molecule has 1 amide bonds. The van der Waals surface area contributed by atoms with Crippen molar-refractivity contribution in [1.82, 2.24) is 14.7 Å². The summed E-state index contributed by atoms with van der Waals surface area (Å²) >= 11 is 0. The van der Waals surface area contributed by atoms with Crippen LogP contribution in [0.4, 0.5) is 0 Å². The zero-order chi connectivity index (χ0) is 15.7. The fourth-order valence-corrected chi connectivity index (χ4v) is 3.55. The van der Waals surface area contributed by atoms with Crippen molar-refractivity contribution >= 4 is 30.7 Å². The predicted molar refractivity (Wildman–Crippen MR) is 98.5 cm³/mol. The molecular formula is C16H30Cl2N4O. The molecule has 134 valence electrons. The zero-order valence-corrected chi connectivity index (χ0v) is 16.3. The Labute approximate surface area is 151 Å². The molecule has 7 heteroatoms. The topological polar surface area (TPSA) is 64.2 Å². The summed E-state index contributed by atoms with van der Waals surface area (Å²) in [6.45, 7) is 9.61. The molecule has 0 bridgehead atoms. The van der Waals surface area contributed by atoms with E-state index < -0.39 is 0 Å². The van der Waals surface area contributed by atoms with Crippen LogP contribution in [0.15, 0.2) is 0 Å². The minimum atomic E-state index is -0.152. The number of piperidine rings is 1. The van der Waals surface area contributed by atoms with Crippen LogP contribution in [0.5, 0.6) is 0 Å². The van der Waals surface area contributed by atoms with Crippen molar-refractivity contribution in [2.24, 2.45) is 18.7 Å².